The van der Waals surface area contributed by atoms with Crippen molar-refractivity contribution in [3.8, 4) is 5.75 Å². The molecular formula is C24H20IN3O5. The number of amides is 1. The van der Waals surface area contributed by atoms with Gasteiger partial charge in [-0.05, 0) is 59.0 Å². The van der Waals surface area contributed by atoms with Crippen LogP contribution in [0.5, 0.6) is 5.75 Å². The average Bonchev–Trinajstić information content (AvgIpc) is 3.44. The molecule has 0 unspecified atom stereocenters. The fraction of sp³-hybridized carbons (Fsp3) is 0.125. The maximum absolute atomic E-state index is 12.5. The largest absolute Gasteiger partial charge is 0.496 e. The van der Waals surface area contributed by atoms with Gasteiger partial charge < -0.3 is 18.5 Å². The molecule has 4 rings (SSSR count). The highest BCUT2D eigenvalue weighted by Gasteiger charge is 2.13. The van der Waals surface area contributed by atoms with Crippen LogP contribution in [-0.2, 0) is 11.3 Å². The highest BCUT2D eigenvalue weighted by Crippen LogP contribution is 2.23. The van der Waals surface area contributed by atoms with Crippen LogP contribution < -0.4 is 10.2 Å². The Morgan fingerprint density at radius 2 is 1.97 bits per heavy atom. The van der Waals surface area contributed by atoms with E-state index in [1.165, 1.54) is 7.11 Å². The predicted molar refractivity (Wildman–Crippen MR) is 132 cm³/mol. The number of furan rings is 1. The molecule has 2 aromatic heterocycles. The molecule has 2 aromatic carbocycles. The zero-order valence-electron chi connectivity index (χ0n) is 17.9. The Balaban J connectivity index is 1.54. The van der Waals surface area contributed by atoms with E-state index in [0.717, 1.165) is 20.0 Å². The second kappa shape index (κ2) is 9.90. The van der Waals surface area contributed by atoms with E-state index in [0.29, 0.717) is 23.6 Å². The summed E-state index contributed by atoms with van der Waals surface area (Å²) in [6.07, 6.45) is 3.51. The summed E-state index contributed by atoms with van der Waals surface area (Å²) in [5.41, 5.74) is 4.79. The fourth-order valence-corrected chi connectivity index (χ4v) is 3.93. The molecule has 8 nitrogen and oxygen atoms in total. The molecular weight excluding hydrogens is 537 g/mol. The molecule has 9 heteroatoms. The minimum absolute atomic E-state index is 0.153. The number of methoxy groups -OCH3 is 2. The molecule has 0 radical (unpaired) electrons. The van der Waals surface area contributed by atoms with Gasteiger partial charge in [0.15, 0.2) is 0 Å². The van der Waals surface area contributed by atoms with Gasteiger partial charge in [0, 0.05) is 28.2 Å². The summed E-state index contributed by atoms with van der Waals surface area (Å²) in [5, 5.41) is 5.10. The van der Waals surface area contributed by atoms with Gasteiger partial charge in [-0.1, -0.05) is 18.2 Å². The molecule has 0 aliphatic carbocycles. The molecule has 1 amide bonds. The maximum Gasteiger partial charge on any atom is 0.373 e. The number of nitrogens with one attached hydrogen (secondary N) is 1. The molecule has 0 aliphatic rings. The first kappa shape index (κ1) is 22.6. The third kappa shape index (κ3) is 4.92. The molecule has 0 fully saturated rings. The Hall–Kier alpha value is -3.60. The van der Waals surface area contributed by atoms with Crippen molar-refractivity contribution in [1.29, 1.82) is 0 Å². The Labute approximate surface area is 203 Å². The Bertz CT molecular complexity index is 1360. The van der Waals surface area contributed by atoms with Crippen molar-refractivity contribution in [1.82, 2.24) is 9.99 Å². The van der Waals surface area contributed by atoms with Gasteiger partial charge in [-0.2, -0.15) is 5.10 Å². The van der Waals surface area contributed by atoms with Crippen molar-refractivity contribution < 1.29 is 23.5 Å². The minimum Gasteiger partial charge on any atom is -0.496 e. The minimum atomic E-state index is -0.520. The summed E-state index contributed by atoms with van der Waals surface area (Å²) in [6.45, 7) is 0.417. The van der Waals surface area contributed by atoms with Gasteiger partial charge in [-0.3, -0.25) is 4.79 Å². The summed E-state index contributed by atoms with van der Waals surface area (Å²) < 4.78 is 18.5. The quantitative estimate of drug-likeness (QED) is 0.157. The fourth-order valence-electron chi connectivity index (χ4n) is 3.38. The van der Waals surface area contributed by atoms with E-state index in [1.54, 1.807) is 37.6 Å². The molecule has 4 aromatic rings. The van der Waals surface area contributed by atoms with Crippen molar-refractivity contribution in [2.24, 2.45) is 5.10 Å². The number of halogens is 1. The lowest BCUT2D eigenvalue weighted by molar-refractivity contribution is 0.0562. The Morgan fingerprint density at radius 1 is 1.15 bits per heavy atom. The second-order valence-corrected chi connectivity index (χ2v) is 8.20. The number of para-hydroxylation sites is 1. The summed E-state index contributed by atoms with van der Waals surface area (Å²) in [4.78, 5) is 24.1. The van der Waals surface area contributed by atoms with Crippen molar-refractivity contribution in [3.63, 3.8) is 0 Å². The van der Waals surface area contributed by atoms with Gasteiger partial charge in [-0.15, -0.1) is 0 Å². The monoisotopic (exact) mass is 557 g/mol. The second-order valence-electron chi connectivity index (χ2n) is 7.04. The van der Waals surface area contributed by atoms with Crippen molar-refractivity contribution in [2.75, 3.05) is 14.2 Å². The number of hydrogen-bond donors (Lipinski definition) is 1. The molecule has 0 spiro atoms. The molecule has 0 atom stereocenters. The van der Waals surface area contributed by atoms with Crippen LogP contribution in [-0.4, -0.2) is 36.9 Å². The summed E-state index contributed by atoms with van der Waals surface area (Å²) >= 11 is 2.14. The van der Waals surface area contributed by atoms with E-state index in [2.05, 4.69) is 37.9 Å². The zero-order chi connectivity index (χ0) is 23.4. The first-order valence-electron chi connectivity index (χ1n) is 9.92. The van der Waals surface area contributed by atoms with Gasteiger partial charge in [0.05, 0.1) is 30.5 Å². The standard InChI is InChI=1S/C24H20IN3O5/c1-31-22-11-15(7-9-19(22)25)23(29)27-26-12-16-13-28(20-6-4-3-5-18(16)20)14-17-8-10-21(33-17)24(30)32-2/h3-13H,14H2,1-2H3,(H,27,29)/b26-12+. The number of fused-ring (bicyclic) bond motifs is 1. The number of hydrazone groups is 1. The number of benzene rings is 2. The van der Waals surface area contributed by atoms with Gasteiger partial charge in [0.1, 0.15) is 11.5 Å². The lowest BCUT2D eigenvalue weighted by atomic mass is 10.2. The number of hydrogen-bond acceptors (Lipinski definition) is 6. The molecule has 0 saturated carbocycles. The lowest BCUT2D eigenvalue weighted by Crippen LogP contribution is -2.17. The van der Waals surface area contributed by atoms with Crippen LogP contribution in [0.1, 0.15) is 32.2 Å². The molecule has 0 bridgehead atoms. The summed E-state index contributed by atoms with van der Waals surface area (Å²) in [6, 6.07) is 16.3. The highest BCUT2D eigenvalue weighted by molar-refractivity contribution is 14.1. The normalized spacial score (nSPS) is 11.1. The van der Waals surface area contributed by atoms with Crippen LogP contribution in [0.4, 0.5) is 0 Å². The van der Waals surface area contributed by atoms with Gasteiger partial charge in [0.25, 0.3) is 5.91 Å². The van der Waals surface area contributed by atoms with Crippen LogP contribution in [0.3, 0.4) is 0 Å². The van der Waals surface area contributed by atoms with Crippen molar-refractivity contribution in [2.45, 2.75) is 6.54 Å². The van der Waals surface area contributed by atoms with Gasteiger partial charge in [0.2, 0.25) is 5.76 Å². The molecule has 33 heavy (non-hydrogen) atoms. The SMILES string of the molecule is COC(=O)c1ccc(Cn2cc(/C=N/NC(=O)c3ccc(I)c(OC)c3)c3ccccc32)o1. The van der Waals surface area contributed by atoms with E-state index >= 15 is 0 Å². The van der Waals surface area contributed by atoms with Crippen LogP contribution in [0.15, 0.2) is 70.3 Å². The van der Waals surface area contributed by atoms with Crippen LogP contribution >= 0.6 is 22.6 Å². The molecule has 168 valence electrons. The van der Waals surface area contributed by atoms with Crippen LogP contribution in [0.25, 0.3) is 10.9 Å². The summed E-state index contributed by atoms with van der Waals surface area (Å²) in [5.74, 6) is 0.536. The number of esters is 1. The number of ether oxygens (including phenoxy) is 2. The molecule has 0 saturated heterocycles. The van der Waals surface area contributed by atoms with Gasteiger partial charge in [-0.25, -0.2) is 10.2 Å². The van der Waals surface area contributed by atoms with E-state index < -0.39 is 5.97 Å². The number of nitrogens with zero attached hydrogens (tertiary/aromatic N) is 2. The third-order valence-corrected chi connectivity index (χ3v) is 5.87. The summed E-state index contributed by atoms with van der Waals surface area (Å²) in [7, 11) is 2.87. The maximum atomic E-state index is 12.5. The lowest BCUT2D eigenvalue weighted by Gasteiger charge is -2.05. The molecule has 1 N–H and O–H groups in total. The smallest absolute Gasteiger partial charge is 0.373 e. The number of carbonyl (C=O) groups excluding carboxylic acids is 2. The van der Waals surface area contributed by atoms with Crippen LogP contribution in [0, 0.1) is 3.57 Å². The highest BCUT2D eigenvalue weighted by atomic mass is 127. The van der Waals surface area contributed by atoms with Crippen molar-refractivity contribution in [3.05, 3.63) is 87.0 Å². The first-order chi connectivity index (χ1) is 16.0. The first-order valence-corrected chi connectivity index (χ1v) is 11.0. The number of rotatable bonds is 7. The van der Waals surface area contributed by atoms with E-state index in [-0.39, 0.29) is 11.7 Å². The Morgan fingerprint density at radius 3 is 2.76 bits per heavy atom. The zero-order valence-corrected chi connectivity index (χ0v) is 20.0. The van der Waals surface area contributed by atoms with Gasteiger partial charge >= 0.3 is 5.97 Å². The topological polar surface area (TPSA) is 95.1 Å². The predicted octanol–water partition coefficient (Wildman–Crippen LogP) is 4.45. The van der Waals surface area contributed by atoms with E-state index in [4.69, 9.17) is 9.15 Å². The Kier molecular flexibility index (Phi) is 6.78. The average molecular weight is 557 g/mol. The third-order valence-electron chi connectivity index (χ3n) is 4.98. The van der Waals surface area contributed by atoms with E-state index in [9.17, 15) is 9.59 Å². The van der Waals surface area contributed by atoms with E-state index in [1.807, 2.05) is 41.1 Å². The molecule has 0 aliphatic heterocycles. The number of aromatic nitrogens is 1. The van der Waals surface area contributed by atoms with Crippen molar-refractivity contribution >= 4 is 51.6 Å². The molecule has 2 heterocycles. The number of carbonyl (C=O) groups is 2. The van der Waals surface area contributed by atoms with Crippen LogP contribution in [0.2, 0.25) is 0 Å².